The molecular weight excluding hydrogens is 302 g/mol. The van der Waals surface area contributed by atoms with E-state index < -0.39 is 30.8 Å². The maximum absolute atomic E-state index is 12.6. The molecule has 1 N–H and O–H groups in total. The zero-order chi connectivity index (χ0) is 15.0. The molecule has 1 saturated carbocycles. The molecule has 1 aliphatic carbocycles. The zero-order valence-electron chi connectivity index (χ0n) is 11.4. The summed E-state index contributed by atoms with van der Waals surface area (Å²) in [6.07, 6.45) is 3.74. The monoisotopic (exact) mass is 321 g/mol. The van der Waals surface area contributed by atoms with Crippen LogP contribution in [0.5, 0.6) is 0 Å². The van der Waals surface area contributed by atoms with Gasteiger partial charge in [-0.2, -0.15) is 9.57 Å². The van der Waals surface area contributed by atoms with Crippen molar-refractivity contribution >= 4 is 20.0 Å². The highest BCUT2D eigenvalue weighted by Crippen LogP contribution is 2.41. The maximum Gasteiger partial charge on any atom is 0.233 e. The van der Waals surface area contributed by atoms with E-state index in [4.69, 9.17) is 0 Å². The smallest absolute Gasteiger partial charge is 0.213 e. The van der Waals surface area contributed by atoms with Crippen molar-refractivity contribution in [3.05, 3.63) is 0 Å². The molecular formula is C11H19N3O4S2. The molecule has 2 rings (SSSR count). The summed E-state index contributed by atoms with van der Waals surface area (Å²) in [6.45, 7) is 0.465. The maximum atomic E-state index is 12.6. The molecule has 2 fully saturated rings. The summed E-state index contributed by atoms with van der Waals surface area (Å²) < 4.78 is 50.0. The van der Waals surface area contributed by atoms with Gasteiger partial charge in [-0.05, 0) is 32.1 Å². The van der Waals surface area contributed by atoms with Crippen molar-refractivity contribution in [3.63, 3.8) is 0 Å². The first kappa shape index (κ1) is 15.7. The summed E-state index contributed by atoms with van der Waals surface area (Å²) in [5.74, 6) is 0. The largest absolute Gasteiger partial charge is 0.233 e. The Bertz CT molecular complexity index is 617. The average Bonchev–Trinajstić information content (AvgIpc) is 2.25. The number of nitrogens with zero attached hydrogens (tertiary/aromatic N) is 2. The van der Waals surface area contributed by atoms with Gasteiger partial charge in [0, 0.05) is 19.1 Å². The Morgan fingerprint density at radius 1 is 1.25 bits per heavy atom. The molecule has 0 bridgehead atoms. The Kier molecular flexibility index (Phi) is 4.12. The SMILES string of the molecule is CS(=O)(=O)NC1CCCN(S(=O)(=O)C2(C#N)CCC2)C1. The van der Waals surface area contributed by atoms with Crippen molar-refractivity contribution in [3.8, 4) is 6.07 Å². The van der Waals surface area contributed by atoms with E-state index in [-0.39, 0.29) is 6.54 Å². The second kappa shape index (κ2) is 5.26. The summed E-state index contributed by atoms with van der Waals surface area (Å²) in [4.78, 5) is 0. The quantitative estimate of drug-likeness (QED) is 0.770. The standard InChI is InChI=1S/C11H19N3O4S2/c1-19(15,16)13-10-4-2-7-14(8-10)20(17,18)11(9-12)5-3-6-11/h10,13H,2-8H2,1H3. The number of nitriles is 1. The van der Waals surface area contributed by atoms with E-state index in [1.807, 2.05) is 6.07 Å². The summed E-state index contributed by atoms with van der Waals surface area (Å²) in [7, 11) is -7.05. The molecule has 20 heavy (non-hydrogen) atoms. The lowest BCUT2D eigenvalue weighted by atomic mass is 9.86. The Balaban J connectivity index is 2.15. The minimum absolute atomic E-state index is 0.110. The van der Waals surface area contributed by atoms with Crippen LogP contribution in [0.15, 0.2) is 0 Å². The molecule has 1 aliphatic heterocycles. The number of nitrogens with one attached hydrogen (secondary N) is 1. The Morgan fingerprint density at radius 2 is 1.90 bits per heavy atom. The van der Waals surface area contributed by atoms with Crippen molar-refractivity contribution in [1.82, 2.24) is 9.03 Å². The topological polar surface area (TPSA) is 107 Å². The van der Waals surface area contributed by atoms with Crippen LogP contribution >= 0.6 is 0 Å². The van der Waals surface area contributed by atoms with Crippen molar-refractivity contribution in [2.45, 2.75) is 42.9 Å². The number of rotatable bonds is 4. The third-order valence-electron chi connectivity index (χ3n) is 3.96. The molecule has 0 spiro atoms. The molecule has 0 amide bonds. The van der Waals surface area contributed by atoms with Crippen molar-refractivity contribution < 1.29 is 16.8 Å². The van der Waals surface area contributed by atoms with Crippen LogP contribution in [0.4, 0.5) is 0 Å². The molecule has 0 aromatic carbocycles. The minimum atomic E-state index is -3.69. The van der Waals surface area contributed by atoms with E-state index in [1.165, 1.54) is 4.31 Å². The molecule has 9 heteroatoms. The predicted octanol–water partition coefficient (Wildman–Crippen LogP) is -0.224. The van der Waals surface area contributed by atoms with Crippen LogP contribution in [0.3, 0.4) is 0 Å². The summed E-state index contributed by atoms with van der Waals surface area (Å²) in [6, 6.07) is 1.53. The lowest BCUT2D eigenvalue weighted by Gasteiger charge is -2.41. The van der Waals surface area contributed by atoms with Crippen LogP contribution in [0.25, 0.3) is 0 Å². The molecule has 0 aromatic heterocycles. The van der Waals surface area contributed by atoms with Gasteiger partial charge in [0.25, 0.3) is 0 Å². The fraction of sp³-hybridized carbons (Fsp3) is 0.909. The number of piperidine rings is 1. The minimum Gasteiger partial charge on any atom is -0.213 e. The van der Waals surface area contributed by atoms with Gasteiger partial charge in [0.1, 0.15) is 0 Å². The van der Waals surface area contributed by atoms with Crippen LogP contribution in [0, 0.1) is 11.3 Å². The van der Waals surface area contributed by atoms with E-state index in [1.54, 1.807) is 0 Å². The second-order valence-electron chi connectivity index (χ2n) is 5.55. The molecule has 7 nitrogen and oxygen atoms in total. The third-order valence-corrected chi connectivity index (χ3v) is 7.22. The molecule has 1 saturated heterocycles. The molecule has 2 aliphatic rings. The summed E-state index contributed by atoms with van der Waals surface area (Å²) >= 11 is 0. The third kappa shape index (κ3) is 2.83. The predicted molar refractivity (Wildman–Crippen MR) is 73.7 cm³/mol. The summed E-state index contributed by atoms with van der Waals surface area (Å²) in [5.41, 5.74) is 0. The fourth-order valence-corrected chi connectivity index (χ4v) is 5.69. The van der Waals surface area contributed by atoms with Crippen molar-refractivity contribution in [2.75, 3.05) is 19.3 Å². The molecule has 1 atom stereocenters. The molecule has 0 radical (unpaired) electrons. The van der Waals surface area contributed by atoms with Crippen molar-refractivity contribution in [2.24, 2.45) is 0 Å². The average molecular weight is 321 g/mol. The van der Waals surface area contributed by atoms with Crippen LogP contribution in [-0.4, -0.2) is 51.3 Å². The van der Waals surface area contributed by atoms with E-state index in [0.29, 0.717) is 32.2 Å². The zero-order valence-corrected chi connectivity index (χ0v) is 13.0. The number of sulfonamides is 2. The lowest BCUT2D eigenvalue weighted by Crippen LogP contribution is -2.57. The van der Waals surface area contributed by atoms with Crippen molar-refractivity contribution in [1.29, 1.82) is 5.26 Å². The highest BCUT2D eigenvalue weighted by molar-refractivity contribution is 7.90. The molecule has 114 valence electrons. The van der Waals surface area contributed by atoms with Gasteiger partial charge in [-0.15, -0.1) is 0 Å². The first-order valence-electron chi connectivity index (χ1n) is 6.58. The van der Waals surface area contributed by atoms with Gasteiger partial charge in [-0.25, -0.2) is 21.6 Å². The summed E-state index contributed by atoms with van der Waals surface area (Å²) in [5, 5.41) is 9.19. The molecule has 0 aromatic rings. The number of hydrogen-bond donors (Lipinski definition) is 1. The van der Waals surface area contributed by atoms with Gasteiger partial charge >= 0.3 is 0 Å². The van der Waals surface area contributed by atoms with Gasteiger partial charge in [-0.1, -0.05) is 0 Å². The first-order chi connectivity index (χ1) is 9.20. The van der Waals surface area contributed by atoms with Gasteiger partial charge in [0.05, 0.1) is 12.3 Å². The van der Waals surface area contributed by atoms with E-state index in [0.717, 1.165) is 12.7 Å². The van der Waals surface area contributed by atoms with Gasteiger partial charge in [-0.3, -0.25) is 0 Å². The highest BCUT2D eigenvalue weighted by atomic mass is 32.2. The van der Waals surface area contributed by atoms with E-state index >= 15 is 0 Å². The normalized spacial score (nSPS) is 27.5. The Morgan fingerprint density at radius 3 is 2.35 bits per heavy atom. The van der Waals surface area contributed by atoms with Crippen LogP contribution in [0.1, 0.15) is 32.1 Å². The van der Waals surface area contributed by atoms with Crippen LogP contribution in [-0.2, 0) is 20.0 Å². The van der Waals surface area contributed by atoms with Crippen LogP contribution in [0.2, 0.25) is 0 Å². The van der Waals surface area contributed by atoms with E-state index in [2.05, 4.69) is 4.72 Å². The van der Waals surface area contributed by atoms with Gasteiger partial charge in [0.2, 0.25) is 20.0 Å². The highest BCUT2D eigenvalue weighted by Gasteiger charge is 2.52. The van der Waals surface area contributed by atoms with Gasteiger partial charge < -0.3 is 0 Å². The van der Waals surface area contributed by atoms with Gasteiger partial charge in [0.15, 0.2) is 4.75 Å². The first-order valence-corrected chi connectivity index (χ1v) is 9.92. The van der Waals surface area contributed by atoms with Crippen LogP contribution < -0.4 is 4.72 Å². The Hall–Kier alpha value is -0.690. The molecule has 1 heterocycles. The molecule has 1 unspecified atom stereocenters. The Labute approximate surface area is 120 Å². The van der Waals surface area contributed by atoms with E-state index in [9.17, 15) is 22.1 Å². The fourth-order valence-electron chi connectivity index (χ4n) is 2.73. The second-order valence-corrected chi connectivity index (χ2v) is 9.58. The number of hydrogen-bond acceptors (Lipinski definition) is 5. The lowest BCUT2D eigenvalue weighted by molar-refractivity contribution is 0.283.